The SMILES string of the molecule is CC1COc2ccc(C(N)c3csc(Br)c3)cc2OC1. The van der Waals surface area contributed by atoms with Crippen LogP contribution in [0.4, 0.5) is 0 Å². The Bertz CT molecular complexity index is 614. The first kappa shape index (κ1) is 13.9. The molecular weight excluding hydrogens is 338 g/mol. The second-order valence-corrected chi connectivity index (χ2v) is 7.39. The summed E-state index contributed by atoms with van der Waals surface area (Å²) in [6.07, 6.45) is 0. The van der Waals surface area contributed by atoms with E-state index in [1.807, 2.05) is 18.2 Å². The van der Waals surface area contributed by atoms with Crippen LogP contribution in [-0.2, 0) is 0 Å². The molecule has 20 heavy (non-hydrogen) atoms. The van der Waals surface area contributed by atoms with Gasteiger partial charge in [0.15, 0.2) is 11.5 Å². The maximum atomic E-state index is 6.32. The van der Waals surface area contributed by atoms with E-state index < -0.39 is 0 Å². The Labute approximate surface area is 130 Å². The predicted molar refractivity (Wildman–Crippen MR) is 84.6 cm³/mol. The van der Waals surface area contributed by atoms with Crippen molar-refractivity contribution < 1.29 is 9.47 Å². The highest BCUT2D eigenvalue weighted by Crippen LogP contribution is 2.35. The molecule has 0 fully saturated rings. The molecule has 0 amide bonds. The van der Waals surface area contributed by atoms with Gasteiger partial charge in [0.05, 0.1) is 23.0 Å². The highest BCUT2D eigenvalue weighted by atomic mass is 79.9. The van der Waals surface area contributed by atoms with E-state index in [2.05, 4.69) is 34.3 Å². The number of thiophene rings is 1. The molecule has 3 nitrogen and oxygen atoms in total. The maximum absolute atomic E-state index is 6.32. The van der Waals surface area contributed by atoms with Crippen LogP contribution in [0.3, 0.4) is 0 Å². The first-order valence-corrected chi connectivity index (χ1v) is 8.20. The lowest BCUT2D eigenvalue weighted by Gasteiger charge is -2.14. The number of rotatable bonds is 2. The molecule has 106 valence electrons. The number of hydrogen-bond donors (Lipinski definition) is 1. The summed E-state index contributed by atoms with van der Waals surface area (Å²) in [7, 11) is 0. The molecule has 0 saturated heterocycles. The number of benzene rings is 1. The van der Waals surface area contributed by atoms with Crippen LogP contribution in [0.1, 0.15) is 24.1 Å². The number of nitrogens with two attached hydrogens (primary N) is 1. The van der Waals surface area contributed by atoms with Gasteiger partial charge in [0, 0.05) is 5.92 Å². The molecule has 0 radical (unpaired) electrons. The lowest BCUT2D eigenvalue weighted by Crippen LogP contribution is -2.12. The highest BCUT2D eigenvalue weighted by molar-refractivity contribution is 9.11. The number of hydrogen-bond acceptors (Lipinski definition) is 4. The van der Waals surface area contributed by atoms with Crippen LogP contribution in [0.25, 0.3) is 0 Å². The van der Waals surface area contributed by atoms with Crippen molar-refractivity contribution >= 4 is 27.3 Å². The van der Waals surface area contributed by atoms with E-state index in [0.717, 1.165) is 26.4 Å². The lowest BCUT2D eigenvalue weighted by atomic mass is 10.0. The normalized spacial score (nSPS) is 19.4. The average molecular weight is 354 g/mol. The molecule has 3 rings (SSSR count). The molecular formula is C15H16BrNO2S. The van der Waals surface area contributed by atoms with Crippen molar-refractivity contribution in [2.75, 3.05) is 13.2 Å². The van der Waals surface area contributed by atoms with Crippen molar-refractivity contribution in [1.82, 2.24) is 0 Å². The second-order valence-electron chi connectivity index (χ2n) is 5.10. The lowest BCUT2D eigenvalue weighted by molar-refractivity contribution is 0.228. The standard InChI is InChI=1S/C15H16BrNO2S/c1-9-6-18-12-3-2-10(4-13(12)19-7-9)15(17)11-5-14(16)20-8-11/h2-5,8-9,15H,6-7,17H2,1H3. The summed E-state index contributed by atoms with van der Waals surface area (Å²) in [5.74, 6) is 1.99. The van der Waals surface area contributed by atoms with Gasteiger partial charge in [-0.15, -0.1) is 11.3 Å². The monoisotopic (exact) mass is 353 g/mol. The first-order chi connectivity index (χ1) is 9.63. The molecule has 2 unspecified atom stereocenters. The van der Waals surface area contributed by atoms with Gasteiger partial charge in [0.1, 0.15) is 0 Å². The third-order valence-corrected chi connectivity index (χ3v) is 4.84. The average Bonchev–Trinajstić information content (AvgIpc) is 2.80. The fourth-order valence-electron chi connectivity index (χ4n) is 2.14. The molecule has 5 heteroatoms. The van der Waals surface area contributed by atoms with E-state index in [-0.39, 0.29) is 6.04 Å². The van der Waals surface area contributed by atoms with Crippen molar-refractivity contribution in [2.45, 2.75) is 13.0 Å². The molecule has 0 aliphatic carbocycles. The Morgan fingerprint density at radius 1 is 1.20 bits per heavy atom. The molecule has 2 heterocycles. The Hall–Kier alpha value is -1.04. The summed E-state index contributed by atoms with van der Waals surface area (Å²) in [6.45, 7) is 3.48. The fourth-order valence-corrected chi connectivity index (χ4v) is 3.35. The molecule has 0 spiro atoms. The Kier molecular flexibility index (Phi) is 4.01. The van der Waals surface area contributed by atoms with Crippen LogP contribution in [0.5, 0.6) is 11.5 Å². The number of ether oxygens (including phenoxy) is 2. The molecule has 1 aromatic carbocycles. The van der Waals surface area contributed by atoms with Gasteiger partial charge < -0.3 is 15.2 Å². The zero-order valence-electron chi connectivity index (χ0n) is 11.1. The van der Waals surface area contributed by atoms with Gasteiger partial charge in [-0.1, -0.05) is 13.0 Å². The smallest absolute Gasteiger partial charge is 0.161 e. The topological polar surface area (TPSA) is 44.5 Å². The summed E-state index contributed by atoms with van der Waals surface area (Å²) in [4.78, 5) is 0. The fraction of sp³-hybridized carbons (Fsp3) is 0.333. The van der Waals surface area contributed by atoms with Crippen LogP contribution in [0, 0.1) is 5.92 Å². The van der Waals surface area contributed by atoms with E-state index in [4.69, 9.17) is 15.2 Å². The summed E-state index contributed by atoms with van der Waals surface area (Å²) in [6, 6.07) is 7.86. The minimum atomic E-state index is -0.146. The van der Waals surface area contributed by atoms with Crippen LogP contribution in [0.2, 0.25) is 0 Å². The molecule has 1 aliphatic heterocycles. The molecule has 2 atom stereocenters. The Morgan fingerprint density at radius 2 is 1.95 bits per heavy atom. The van der Waals surface area contributed by atoms with Gasteiger partial charge in [-0.3, -0.25) is 0 Å². The van der Waals surface area contributed by atoms with Crippen LogP contribution in [0.15, 0.2) is 33.4 Å². The molecule has 2 N–H and O–H groups in total. The van der Waals surface area contributed by atoms with Gasteiger partial charge >= 0.3 is 0 Å². The Morgan fingerprint density at radius 3 is 2.65 bits per heavy atom. The van der Waals surface area contributed by atoms with Gasteiger partial charge in [-0.05, 0) is 50.6 Å². The molecule has 1 aromatic heterocycles. The van der Waals surface area contributed by atoms with E-state index in [0.29, 0.717) is 19.1 Å². The maximum Gasteiger partial charge on any atom is 0.161 e. The van der Waals surface area contributed by atoms with Crippen molar-refractivity contribution in [3.05, 3.63) is 44.6 Å². The molecule has 1 aliphatic rings. The quantitative estimate of drug-likeness (QED) is 0.888. The largest absolute Gasteiger partial charge is 0.489 e. The molecule has 0 saturated carbocycles. The highest BCUT2D eigenvalue weighted by Gasteiger charge is 2.18. The molecule has 2 aromatic rings. The summed E-state index contributed by atoms with van der Waals surface area (Å²) < 4.78 is 12.6. The molecule has 0 bridgehead atoms. The van der Waals surface area contributed by atoms with Crippen LogP contribution < -0.4 is 15.2 Å². The van der Waals surface area contributed by atoms with Crippen molar-refractivity contribution in [3.8, 4) is 11.5 Å². The number of halogens is 1. The van der Waals surface area contributed by atoms with Gasteiger partial charge in [0.2, 0.25) is 0 Å². The van der Waals surface area contributed by atoms with Crippen LogP contribution >= 0.6 is 27.3 Å². The second kappa shape index (κ2) is 5.76. The van der Waals surface area contributed by atoms with Crippen molar-refractivity contribution in [1.29, 1.82) is 0 Å². The summed E-state index contributed by atoms with van der Waals surface area (Å²) in [5.41, 5.74) is 8.45. The van der Waals surface area contributed by atoms with E-state index in [1.165, 1.54) is 0 Å². The zero-order valence-corrected chi connectivity index (χ0v) is 13.5. The first-order valence-electron chi connectivity index (χ1n) is 6.52. The van der Waals surface area contributed by atoms with Crippen LogP contribution in [-0.4, -0.2) is 13.2 Å². The minimum absolute atomic E-state index is 0.146. The van der Waals surface area contributed by atoms with Crippen molar-refractivity contribution in [2.24, 2.45) is 11.7 Å². The number of fused-ring (bicyclic) bond motifs is 1. The van der Waals surface area contributed by atoms with Gasteiger partial charge in [-0.25, -0.2) is 0 Å². The van der Waals surface area contributed by atoms with E-state index >= 15 is 0 Å². The van der Waals surface area contributed by atoms with Crippen molar-refractivity contribution in [3.63, 3.8) is 0 Å². The van der Waals surface area contributed by atoms with Gasteiger partial charge in [0.25, 0.3) is 0 Å². The van der Waals surface area contributed by atoms with Gasteiger partial charge in [-0.2, -0.15) is 0 Å². The Balaban J connectivity index is 1.88. The zero-order chi connectivity index (χ0) is 14.1. The summed E-state index contributed by atoms with van der Waals surface area (Å²) in [5, 5.41) is 2.07. The van der Waals surface area contributed by atoms with E-state index in [9.17, 15) is 0 Å². The third-order valence-electron chi connectivity index (χ3n) is 3.32. The predicted octanol–water partition coefficient (Wildman–Crippen LogP) is 3.97. The third kappa shape index (κ3) is 2.85. The summed E-state index contributed by atoms with van der Waals surface area (Å²) >= 11 is 5.11. The van der Waals surface area contributed by atoms with E-state index in [1.54, 1.807) is 11.3 Å². The minimum Gasteiger partial charge on any atom is -0.489 e.